The molecule has 4 bridgehead atoms. The topological polar surface area (TPSA) is 129 Å². The molecule has 1 aromatic rings. The number of ether oxygens (including phenoxy) is 4. The van der Waals surface area contributed by atoms with Gasteiger partial charge in [-0.1, -0.05) is 37.6 Å². The van der Waals surface area contributed by atoms with Gasteiger partial charge in [0.25, 0.3) is 0 Å². The fraction of sp³-hybridized carbons (Fsp3) is 0.625. The average Bonchev–Trinajstić information content (AvgIpc) is 3.00. The second-order valence-corrected chi connectivity index (χ2v) is 16.9. The molecule has 9 rings (SSSR count). The molecule has 2 saturated heterocycles. The fourth-order valence-electron chi connectivity index (χ4n) is 10.4. The Morgan fingerprint density at radius 3 is 2.45 bits per heavy atom. The van der Waals surface area contributed by atoms with Gasteiger partial charge < -0.3 is 29.2 Å². The quantitative estimate of drug-likeness (QED) is 0.232. The van der Waals surface area contributed by atoms with Crippen molar-refractivity contribution in [2.75, 3.05) is 6.61 Å². The molecule has 4 aliphatic heterocycles. The number of aromatic hydroxyl groups is 1. The number of ketones is 2. The molecule has 0 aromatic heterocycles. The van der Waals surface area contributed by atoms with Crippen molar-refractivity contribution in [3.8, 4) is 17.2 Å². The van der Waals surface area contributed by atoms with Crippen LogP contribution < -0.4 is 9.47 Å². The van der Waals surface area contributed by atoms with E-state index in [0.717, 1.165) is 12.8 Å². The summed E-state index contributed by atoms with van der Waals surface area (Å²) >= 11 is 0. The molecule has 0 amide bonds. The van der Waals surface area contributed by atoms with Crippen LogP contribution in [0.3, 0.4) is 0 Å². The first-order valence-corrected chi connectivity index (χ1v) is 17.7. The molecule has 0 radical (unpaired) electrons. The van der Waals surface area contributed by atoms with Crippen LogP contribution >= 0.6 is 0 Å². The summed E-state index contributed by atoms with van der Waals surface area (Å²) < 4.78 is 27.5. The van der Waals surface area contributed by atoms with Crippen molar-refractivity contribution in [2.45, 2.75) is 128 Å². The standard InChI is InChI=1S/C40H50O9/c1-11-36(5,6)28-32-24(21-17-19(3)13-14-22(21)37(7,8)47-32)29(41)26-30(42)27-31(46-12-2)25-23-18-40(27,48-33(26)28)39(34(25)43,49-38(23,9)10)16-15-20(4)35(44)45/h11,15,17,21-23,25,27,31,41H,1,12-14,16,18H2,2-10H3,(H,44,45)/t21-,22-,23-,25-,27+,31-,39-,40-/m1/s1. The Morgan fingerprint density at radius 1 is 1.12 bits per heavy atom. The Hall–Kier alpha value is -3.43. The number of hydrogen-bond acceptors (Lipinski definition) is 8. The number of benzene rings is 1. The molecule has 3 saturated carbocycles. The first-order valence-electron chi connectivity index (χ1n) is 17.7. The van der Waals surface area contributed by atoms with Gasteiger partial charge in [0.05, 0.1) is 23.5 Å². The minimum absolute atomic E-state index is 0.0604. The van der Waals surface area contributed by atoms with Crippen molar-refractivity contribution in [1.82, 2.24) is 0 Å². The van der Waals surface area contributed by atoms with E-state index < -0.39 is 51.7 Å². The molecule has 5 fully saturated rings. The Labute approximate surface area is 288 Å². The lowest BCUT2D eigenvalue weighted by Gasteiger charge is -2.72. The zero-order valence-corrected chi connectivity index (χ0v) is 30.2. The first-order chi connectivity index (χ1) is 22.8. The molecule has 1 spiro atoms. The summed E-state index contributed by atoms with van der Waals surface area (Å²) in [5.74, 6) is -3.34. The smallest absolute Gasteiger partial charge is 0.330 e. The van der Waals surface area contributed by atoms with Gasteiger partial charge in [-0.05, 0) is 67.7 Å². The molecular weight excluding hydrogens is 624 g/mol. The molecule has 4 heterocycles. The van der Waals surface area contributed by atoms with Crippen LogP contribution in [-0.4, -0.2) is 62.9 Å². The number of aliphatic carboxylic acids is 1. The second kappa shape index (κ2) is 10.5. The van der Waals surface area contributed by atoms with Crippen LogP contribution in [0.15, 0.2) is 36.0 Å². The largest absolute Gasteiger partial charge is 0.507 e. The molecule has 1 aromatic carbocycles. The van der Waals surface area contributed by atoms with Crippen molar-refractivity contribution in [2.24, 2.45) is 23.7 Å². The van der Waals surface area contributed by atoms with E-state index in [2.05, 4.69) is 33.4 Å². The Bertz CT molecular complexity index is 1760. The maximum Gasteiger partial charge on any atom is 0.330 e. The normalized spacial score (nSPS) is 36.4. The van der Waals surface area contributed by atoms with Crippen LogP contribution in [0.25, 0.3) is 0 Å². The van der Waals surface area contributed by atoms with Gasteiger partial charge in [-0.2, -0.15) is 0 Å². The van der Waals surface area contributed by atoms with Gasteiger partial charge in [-0.25, -0.2) is 4.79 Å². The number of Topliss-reactive ketones (excluding diaryl/α,β-unsaturated/α-hetero) is 2. The molecule has 264 valence electrons. The monoisotopic (exact) mass is 674 g/mol. The summed E-state index contributed by atoms with van der Waals surface area (Å²) in [6.45, 7) is 21.8. The van der Waals surface area contributed by atoms with Gasteiger partial charge in [0.15, 0.2) is 22.8 Å². The number of carbonyl (C=O) groups excluding carboxylic acids is 2. The van der Waals surface area contributed by atoms with E-state index in [4.69, 9.17) is 18.9 Å². The second-order valence-electron chi connectivity index (χ2n) is 16.9. The highest BCUT2D eigenvalue weighted by atomic mass is 16.6. The highest BCUT2D eigenvalue weighted by Gasteiger charge is 2.83. The van der Waals surface area contributed by atoms with Gasteiger partial charge in [-0.15, -0.1) is 6.58 Å². The molecular formula is C40H50O9. The third kappa shape index (κ3) is 4.27. The summed E-state index contributed by atoms with van der Waals surface area (Å²) in [6, 6.07) is 0. The zero-order chi connectivity index (χ0) is 35.8. The van der Waals surface area contributed by atoms with Crippen LogP contribution in [0.1, 0.15) is 115 Å². The molecule has 2 N–H and O–H groups in total. The lowest BCUT2D eigenvalue weighted by Crippen LogP contribution is -2.87. The van der Waals surface area contributed by atoms with E-state index in [-0.39, 0.29) is 65.0 Å². The minimum atomic E-state index is -1.69. The fourth-order valence-corrected chi connectivity index (χ4v) is 10.4. The van der Waals surface area contributed by atoms with Crippen LogP contribution in [0.5, 0.6) is 17.2 Å². The summed E-state index contributed by atoms with van der Waals surface area (Å²) in [6.07, 6.45) is 6.71. The third-order valence-corrected chi connectivity index (χ3v) is 13.0. The van der Waals surface area contributed by atoms with E-state index in [9.17, 15) is 19.8 Å². The van der Waals surface area contributed by atoms with Crippen molar-refractivity contribution in [3.63, 3.8) is 0 Å². The Morgan fingerprint density at radius 2 is 1.82 bits per heavy atom. The van der Waals surface area contributed by atoms with E-state index in [1.54, 1.807) is 6.08 Å². The highest BCUT2D eigenvalue weighted by Crippen LogP contribution is 2.70. The van der Waals surface area contributed by atoms with Crippen molar-refractivity contribution >= 4 is 17.5 Å². The molecule has 9 heteroatoms. The molecule has 8 atom stereocenters. The number of hydrogen-bond donors (Lipinski definition) is 2. The number of carboxylic acid groups (broad SMARTS) is 1. The summed E-state index contributed by atoms with van der Waals surface area (Å²) in [7, 11) is 0. The van der Waals surface area contributed by atoms with E-state index in [1.807, 2.05) is 34.6 Å². The molecule has 8 aliphatic rings. The number of phenolic OH excluding ortho intramolecular Hbond substituents is 1. The van der Waals surface area contributed by atoms with Gasteiger partial charge >= 0.3 is 5.97 Å². The van der Waals surface area contributed by atoms with E-state index >= 15 is 4.79 Å². The lowest BCUT2D eigenvalue weighted by atomic mass is 9.42. The van der Waals surface area contributed by atoms with Gasteiger partial charge in [0.2, 0.25) is 0 Å². The molecule has 49 heavy (non-hydrogen) atoms. The van der Waals surface area contributed by atoms with E-state index in [1.165, 1.54) is 18.6 Å². The highest BCUT2D eigenvalue weighted by molar-refractivity contribution is 6.10. The Balaban J connectivity index is 1.56. The number of fused-ring (bicyclic) bond motifs is 5. The molecule has 4 aliphatic carbocycles. The average molecular weight is 675 g/mol. The lowest BCUT2D eigenvalue weighted by molar-refractivity contribution is -0.347. The van der Waals surface area contributed by atoms with Gasteiger partial charge in [0.1, 0.15) is 28.4 Å². The minimum Gasteiger partial charge on any atom is -0.507 e. The van der Waals surface area contributed by atoms with Gasteiger partial charge in [-0.3, -0.25) is 9.59 Å². The van der Waals surface area contributed by atoms with Crippen LogP contribution in [0, 0.1) is 23.7 Å². The third-order valence-electron chi connectivity index (χ3n) is 13.0. The van der Waals surface area contributed by atoms with Crippen LogP contribution in [0.4, 0.5) is 0 Å². The summed E-state index contributed by atoms with van der Waals surface area (Å²) in [5, 5.41) is 22.2. The van der Waals surface area contributed by atoms with E-state index in [0.29, 0.717) is 23.3 Å². The summed E-state index contributed by atoms with van der Waals surface area (Å²) in [5.41, 5.74) is -2.91. The van der Waals surface area contributed by atoms with Crippen molar-refractivity contribution in [1.29, 1.82) is 0 Å². The zero-order valence-electron chi connectivity index (χ0n) is 30.2. The SMILES string of the molecule is C=CC(C)(C)c1c2c(c(O)c3c1OC(C)(C)[C@@H]1CCC(C)=C[C@@H]31)C(=O)[C@H]1[C@H](OCC)[C@@H]3C(=O)[C@@]4(CC=C(C)C(=O)O)OC(C)(C)[C@@H]3C[C@@]14O2. The predicted molar refractivity (Wildman–Crippen MR) is 182 cm³/mol. The number of carboxylic acids is 1. The predicted octanol–water partition coefficient (Wildman–Crippen LogP) is 6.99. The summed E-state index contributed by atoms with van der Waals surface area (Å²) in [4.78, 5) is 42.2. The van der Waals surface area contributed by atoms with Crippen LogP contribution in [-0.2, 0) is 24.5 Å². The Kier molecular flexibility index (Phi) is 7.33. The molecule has 9 nitrogen and oxygen atoms in total. The maximum atomic E-state index is 15.4. The number of rotatable bonds is 7. The number of allylic oxidation sites excluding steroid dienone is 3. The molecule has 0 unspecified atom stereocenters. The maximum absolute atomic E-state index is 15.4. The number of phenols is 1. The first kappa shape index (κ1) is 34.0. The van der Waals surface area contributed by atoms with Crippen molar-refractivity contribution in [3.05, 3.63) is 52.6 Å². The van der Waals surface area contributed by atoms with Crippen molar-refractivity contribution < 1.29 is 43.5 Å². The van der Waals surface area contributed by atoms with Gasteiger partial charge in [0, 0.05) is 52.9 Å². The number of carbonyl (C=O) groups is 3. The van der Waals surface area contributed by atoms with Crippen LogP contribution in [0.2, 0.25) is 0 Å².